The zero-order valence-corrected chi connectivity index (χ0v) is 14.0. The van der Waals surface area contributed by atoms with Crippen molar-refractivity contribution in [3.8, 4) is 0 Å². The largest absolute Gasteiger partial charge is 0.396 e. The van der Waals surface area contributed by atoms with Crippen molar-refractivity contribution in [3.63, 3.8) is 0 Å². The van der Waals surface area contributed by atoms with E-state index in [2.05, 4.69) is 19.9 Å². The topological polar surface area (TPSA) is 71.2 Å². The third-order valence-electron chi connectivity index (χ3n) is 4.96. The lowest BCUT2D eigenvalue weighted by Gasteiger charge is -2.30. The summed E-state index contributed by atoms with van der Waals surface area (Å²) in [5.41, 5.74) is 2.96. The van der Waals surface area contributed by atoms with Gasteiger partial charge in [-0.25, -0.2) is 4.98 Å². The molecule has 1 saturated carbocycles. The van der Waals surface area contributed by atoms with Gasteiger partial charge in [-0.15, -0.1) is 11.3 Å². The molecule has 0 bridgehead atoms. The molecule has 3 heterocycles. The molecule has 4 rings (SSSR count). The average molecular weight is 331 g/mol. The molecular weight excluding hydrogens is 310 g/mol. The quantitative estimate of drug-likeness (QED) is 0.771. The Bertz CT molecular complexity index is 831. The molecule has 23 heavy (non-hydrogen) atoms. The first-order valence-electron chi connectivity index (χ1n) is 8.22. The monoisotopic (exact) mass is 331 g/mol. The van der Waals surface area contributed by atoms with Crippen molar-refractivity contribution in [1.29, 1.82) is 0 Å². The van der Waals surface area contributed by atoms with Gasteiger partial charge in [-0.3, -0.25) is 4.98 Å². The molecule has 3 aromatic rings. The van der Waals surface area contributed by atoms with E-state index in [1.807, 2.05) is 12.3 Å². The highest BCUT2D eigenvalue weighted by Gasteiger charge is 2.27. The van der Waals surface area contributed by atoms with Crippen LogP contribution in [0.3, 0.4) is 0 Å². The van der Waals surface area contributed by atoms with Gasteiger partial charge in [-0.05, 0) is 50.0 Å². The maximum atomic E-state index is 10.2. The first-order valence-corrected chi connectivity index (χ1v) is 9.10. The molecule has 122 valence electrons. The van der Waals surface area contributed by atoms with Gasteiger partial charge >= 0.3 is 0 Å². The number of nitrogens with zero attached hydrogens (tertiary/aromatic N) is 3. The third kappa shape index (κ3) is 2.45. The van der Waals surface area contributed by atoms with Gasteiger partial charge in [0.25, 0.3) is 0 Å². The molecule has 0 amide bonds. The summed E-state index contributed by atoms with van der Waals surface area (Å²) in [6.45, 7) is 2.05. The van der Waals surface area contributed by atoms with Crippen LogP contribution in [0, 0.1) is 5.92 Å². The molecule has 0 aromatic carbocycles. The van der Waals surface area contributed by atoms with Crippen LogP contribution in [-0.2, 0) is 0 Å². The number of rotatable bonds is 3. The molecule has 3 aromatic heterocycles. The van der Waals surface area contributed by atoms with E-state index in [0.717, 1.165) is 52.8 Å². The Morgan fingerprint density at radius 2 is 2.09 bits per heavy atom. The number of aromatic nitrogens is 3. The van der Waals surface area contributed by atoms with E-state index in [4.69, 9.17) is 0 Å². The minimum Gasteiger partial charge on any atom is -0.396 e. The number of fused-ring (bicyclic) bond motifs is 3. The predicted molar refractivity (Wildman–Crippen MR) is 91.6 cm³/mol. The van der Waals surface area contributed by atoms with Crippen molar-refractivity contribution >= 4 is 32.6 Å². The summed E-state index contributed by atoms with van der Waals surface area (Å²) < 4.78 is 3.39. The number of aliphatic hydroxyl groups excluding tert-OH is 2. The van der Waals surface area contributed by atoms with Crippen molar-refractivity contribution in [2.45, 2.75) is 44.8 Å². The van der Waals surface area contributed by atoms with Crippen LogP contribution in [0.25, 0.3) is 21.3 Å². The summed E-state index contributed by atoms with van der Waals surface area (Å²) >= 11 is 1.68. The van der Waals surface area contributed by atoms with Crippen LogP contribution >= 0.6 is 11.3 Å². The molecule has 1 atom stereocenters. The van der Waals surface area contributed by atoms with Gasteiger partial charge in [0.15, 0.2) is 0 Å². The Morgan fingerprint density at radius 1 is 1.30 bits per heavy atom. The normalized spacial score (nSPS) is 23.6. The van der Waals surface area contributed by atoms with E-state index >= 15 is 0 Å². The fraction of sp³-hybridized carbons (Fsp3) is 0.529. The summed E-state index contributed by atoms with van der Waals surface area (Å²) in [4.78, 5) is 9.14. The first kappa shape index (κ1) is 15.1. The lowest BCUT2D eigenvalue weighted by Crippen LogP contribution is -2.22. The molecule has 1 fully saturated rings. The summed E-state index contributed by atoms with van der Waals surface area (Å²) in [6, 6.07) is 2.36. The van der Waals surface area contributed by atoms with Gasteiger partial charge in [-0.1, -0.05) is 0 Å². The van der Waals surface area contributed by atoms with E-state index in [1.165, 1.54) is 0 Å². The van der Waals surface area contributed by atoms with Crippen LogP contribution in [0.1, 0.15) is 50.6 Å². The van der Waals surface area contributed by atoms with Crippen LogP contribution in [0.2, 0.25) is 0 Å². The Kier molecular flexibility index (Phi) is 3.83. The van der Waals surface area contributed by atoms with Crippen LogP contribution < -0.4 is 0 Å². The molecule has 0 saturated heterocycles. The second-order valence-electron chi connectivity index (χ2n) is 6.50. The highest BCUT2D eigenvalue weighted by molar-refractivity contribution is 7.18. The van der Waals surface area contributed by atoms with E-state index in [1.54, 1.807) is 18.3 Å². The molecule has 5 nitrogen and oxygen atoms in total. The second-order valence-corrected chi connectivity index (χ2v) is 7.42. The molecule has 2 N–H and O–H groups in total. The summed E-state index contributed by atoms with van der Waals surface area (Å²) in [5.74, 6) is 1.15. The second kappa shape index (κ2) is 5.85. The highest BCUT2D eigenvalue weighted by Crippen LogP contribution is 2.39. The third-order valence-corrected chi connectivity index (χ3v) is 5.87. The molecular formula is C17H21N3O2S. The maximum Gasteiger partial charge on any atom is 0.138 e. The zero-order valence-electron chi connectivity index (χ0n) is 13.1. The molecule has 0 unspecified atom stereocenters. The smallest absolute Gasteiger partial charge is 0.138 e. The molecule has 0 radical (unpaired) electrons. The van der Waals surface area contributed by atoms with Crippen LogP contribution in [0.5, 0.6) is 0 Å². The molecule has 1 aliphatic rings. The van der Waals surface area contributed by atoms with Crippen LogP contribution in [0.4, 0.5) is 0 Å². The van der Waals surface area contributed by atoms with E-state index in [-0.39, 0.29) is 6.61 Å². The van der Waals surface area contributed by atoms with Gasteiger partial charge in [0, 0.05) is 12.6 Å². The van der Waals surface area contributed by atoms with Gasteiger partial charge in [0.1, 0.15) is 17.4 Å². The Morgan fingerprint density at radius 3 is 2.78 bits per heavy atom. The van der Waals surface area contributed by atoms with Crippen LogP contribution in [-0.4, -0.2) is 31.4 Å². The number of thiophene rings is 1. The number of imidazole rings is 1. The Balaban J connectivity index is 1.88. The standard InChI is InChI=1S/C17H21N3O2S/c1-10(22)17-19-14-8-18-13-6-7-23-16(13)15(14)20(17)12-4-2-11(9-21)3-5-12/h6-8,10-12,21-22H,2-5,9H2,1H3/t10-,11?,12?/m1/s1. The van der Waals surface area contributed by atoms with Gasteiger partial charge in [-0.2, -0.15) is 0 Å². The lowest BCUT2D eigenvalue weighted by molar-refractivity contribution is 0.155. The number of aliphatic hydroxyl groups is 2. The highest BCUT2D eigenvalue weighted by atomic mass is 32.1. The summed E-state index contributed by atoms with van der Waals surface area (Å²) in [5, 5.41) is 21.6. The van der Waals surface area contributed by atoms with Gasteiger partial charge < -0.3 is 14.8 Å². The predicted octanol–water partition coefficient (Wildman–Crippen LogP) is 3.42. The average Bonchev–Trinajstić information content (AvgIpc) is 3.18. The summed E-state index contributed by atoms with van der Waals surface area (Å²) in [6.07, 6.45) is 5.30. The Labute approximate surface area is 138 Å². The fourth-order valence-electron chi connectivity index (χ4n) is 3.75. The number of hydrogen-bond donors (Lipinski definition) is 2. The van der Waals surface area contributed by atoms with Gasteiger partial charge in [0.2, 0.25) is 0 Å². The van der Waals surface area contributed by atoms with Crippen molar-refractivity contribution in [2.75, 3.05) is 6.61 Å². The van der Waals surface area contributed by atoms with Crippen molar-refractivity contribution in [3.05, 3.63) is 23.5 Å². The number of hydrogen-bond acceptors (Lipinski definition) is 5. The van der Waals surface area contributed by atoms with Crippen LogP contribution in [0.15, 0.2) is 17.6 Å². The molecule has 6 heteroatoms. The van der Waals surface area contributed by atoms with Crippen molar-refractivity contribution in [1.82, 2.24) is 14.5 Å². The van der Waals surface area contributed by atoms with E-state index in [9.17, 15) is 10.2 Å². The zero-order chi connectivity index (χ0) is 16.0. The van der Waals surface area contributed by atoms with Crippen molar-refractivity contribution in [2.24, 2.45) is 5.92 Å². The SMILES string of the molecule is C[C@@H](O)c1nc2cnc3ccsc3c2n1C1CCC(CO)CC1. The minimum atomic E-state index is -0.604. The molecule has 0 aliphatic heterocycles. The van der Waals surface area contributed by atoms with E-state index < -0.39 is 6.10 Å². The lowest BCUT2D eigenvalue weighted by atomic mass is 9.86. The maximum absolute atomic E-state index is 10.2. The molecule has 1 aliphatic carbocycles. The van der Waals surface area contributed by atoms with Gasteiger partial charge in [0.05, 0.1) is 21.9 Å². The minimum absolute atomic E-state index is 0.278. The first-order chi connectivity index (χ1) is 11.2. The fourth-order valence-corrected chi connectivity index (χ4v) is 4.63. The Hall–Kier alpha value is -1.50. The van der Waals surface area contributed by atoms with E-state index in [0.29, 0.717) is 12.0 Å². The summed E-state index contributed by atoms with van der Waals surface area (Å²) in [7, 11) is 0. The molecule has 0 spiro atoms. The van der Waals surface area contributed by atoms with Crippen molar-refractivity contribution < 1.29 is 10.2 Å². The number of pyridine rings is 1.